The van der Waals surface area contributed by atoms with Gasteiger partial charge >= 0.3 is 5.97 Å². The maximum Gasteiger partial charge on any atom is 0.339 e. The minimum atomic E-state index is -0.547. The fourth-order valence-corrected chi connectivity index (χ4v) is 2.30. The predicted molar refractivity (Wildman–Crippen MR) is 79.0 cm³/mol. The number of anilines is 1. The Morgan fingerprint density at radius 3 is 2.62 bits per heavy atom. The van der Waals surface area contributed by atoms with Crippen molar-refractivity contribution in [1.82, 2.24) is 0 Å². The van der Waals surface area contributed by atoms with Crippen LogP contribution in [-0.2, 0) is 9.53 Å². The molecule has 0 radical (unpaired) electrons. The van der Waals surface area contributed by atoms with Gasteiger partial charge in [-0.05, 0) is 23.6 Å². The first kappa shape index (κ1) is 14.8. The number of thiophene rings is 1. The third kappa shape index (κ3) is 3.91. The molecule has 1 aromatic carbocycles. The van der Waals surface area contributed by atoms with Gasteiger partial charge in [-0.3, -0.25) is 9.69 Å². The number of ether oxygens (including phenoxy) is 1. The molecule has 0 spiro atoms. The lowest BCUT2D eigenvalue weighted by atomic mass is 10.3. The van der Waals surface area contributed by atoms with E-state index in [4.69, 9.17) is 10.00 Å². The van der Waals surface area contributed by atoms with Crippen LogP contribution in [0.15, 0.2) is 47.2 Å². The number of rotatable bonds is 5. The summed E-state index contributed by atoms with van der Waals surface area (Å²) in [5, 5.41) is 12.2. The van der Waals surface area contributed by atoms with Crippen LogP contribution in [0.25, 0.3) is 0 Å². The Morgan fingerprint density at radius 2 is 2.00 bits per heavy atom. The molecule has 0 unspecified atom stereocenters. The van der Waals surface area contributed by atoms with Gasteiger partial charge in [0, 0.05) is 11.1 Å². The summed E-state index contributed by atoms with van der Waals surface area (Å²) < 4.78 is 4.96. The number of para-hydroxylation sites is 1. The molecule has 6 heteroatoms. The molecule has 1 amide bonds. The molecular formula is C15H12N2O3S. The van der Waals surface area contributed by atoms with E-state index >= 15 is 0 Å². The van der Waals surface area contributed by atoms with Crippen LogP contribution in [-0.4, -0.2) is 25.0 Å². The number of hydrogen-bond donors (Lipinski definition) is 0. The van der Waals surface area contributed by atoms with Gasteiger partial charge in [0.15, 0.2) is 6.61 Å². The zero-order chi connectivity index (χ0) is 15.1. The highest BCUT2D eigenvalue weighted by Crippen LogP contribution is 2.13. The molecule has 0 N–H and O–H groups in total. The van der Waals surface area contributed by atoms with Gasteiger partial charge in [0.25, 0.3) is 5.91 Å². The van der Waals surface area contributed by atoms with Crippen molar-refractivity contribution in [2.24, 2.45) is 0 Å². The van der Waals surface area contributed by atoms with E-state index < -0.39 is 18.5 Å². The van der Waals surface area contributed by atoms with Crippen LogP contribution in [0.5, 0.6) is 0 Å². The highest BCUT2D eigenvalue weighted by atomic mass is 32.1. The van der Waals surface area contributed by atoms with Crippen LogP contribution in [0, 0.1) is 11.3 Å². The zero-order valence-corrected chi connectivity index (χ0v) is 11.9. The van der Waals surface area contributed by atoms with E-state index in [0.29, 0.717) is 11.3 Å². The maximum absolute atomic E-state index is 12.1. The van der Waals surface area contributed by atoms with Crippen molar-refractivity contribution in [1.29, 1.82) is 5.26 Å². The summed E-state index contributed by atoms with van der Waals surface area (Å²) in [4.78, 5) is 25.1. The molecule has 5 nitrogen and oxygen atoms in total. The molecule has 106 valence electrons. The number of carbonyl (C=O) groups is 2. The number of nitriles is 1. The van der Waals surface area contributed by atoms with Crippen LogP contribution in [0.2, 0.25) is 0 Å². The number of nitrogens with zero attached hydrogens (tertiary/aromatic N) is 2. The van der Waals surface area contributed by atoms with Gasteiger partial charge < -0.3 is 4.74 Å². The monoisotopic (exact) mass is 300 g/mol. The van der Waals surface area contributed by atoms with Crippen LogP contribution in [0.1, 0.15) is 10.4 Å². The number of carbonyl (C=O) groups excluding carboxylic acids is 2. The Hall–Kier alpha value is -2.65. The molecule has 0 bridgehead atoms. The SMILES string of the molecule is N#CCN(C(=O)COC(=O)c1ccsc1)c1ccccc1. The Balaban J connectivity index is 2.00. The highest BCUT2D eigenvalue weighted by Gasteiger charge is 2.17. The van der Waals surface area contributed by atoms with Crippen LogP contribution < -0.4 is 4.90 Å². The molecule has 0 saturated carbocycles. The van der Waals surface area contributed by atoms with Crippen molar-refractivity contribution in [3.8, 4) is 6.07 Å². The topological polar surface area (TPSA) is 70.4 Å². The molecule has 0 fully saturated rings. The van der Waals surface area contributed by atoms with E-state index in [-0.39, 0.29) is 6.54 Å². The van der Waals surface area contributed by atoms with E-state index in [0.717, 1.165) is 0 Å². The van der Waals surface area contributed by atoms with Crippen LogP contribution >= 0.6 is 11.3 Å². The fourth-order valence-electron chi connectivity index (χ4n) is 1.67. The standard InChI is InChI=1S/C15H12N2O3S/c16-7-8-17(13-4-2-1-3-5-13)14(18)10-20-15(19)12-6-9-21-11-12/h1-6,9,11H,8,10H2. The molecule has 0 aliphatic carbocycles. The van der Waals surface area contributed by atoms with E-state index in [1.807, 2.05) is 12.1 Å². The molecule has 0 atom stereocenters. The minimum absolute atomic E-state index is 0.0984. The predicted octanol–water partition coefficient (Wildman–Crippen LogP) is 2.46. The lowest BCUT2D eigenvalue weighted by molar-refractivity contribution is -0.121. The van der Waals surface area contributed by atoms with Crippen LogP contribution in [0.3, 0.4) is 0 Å². The Morgan fingerprint density at radius 1 is 1.24 bits per heavy atom. The lowest BCUT2D eigenvalue weighted by Gasteiger charge is -2.19. The van der Waals surface area contributed by atoms with Gasteiger partial charge in [-0.15, -0.1) is 0 Å². The maximum atomic E-state index is 12.1. The van der Waals surface area contributed by atoms with Crippen molar-refractivity contribution < 1.29 is 14.3 Å². The van der Waals surface area contributed by atoms with Gasteiger partial charge in [-0.25, -0.2) is 4.79 Å². The van der Waals surface area contributed by atoms with E-state index in [2.05, 4.69) is 0 Å². The normalized spacial score (nSPS) is 9.67. The summed E-state index contributed by atoms with van der Waals surface area (Å²) in [6, 6.07) is 12.3. The summed E-state index contributed by atoms with van der Waals surface area (Å²) in [6.07, 6.45) is 0. The summed E-state index contributed by atoms with van der Waals surface area (Å²) in [5.41, 5.74) is 1.01. The van der Waals surface area contributed by atoms with Gasteiger partial charge in [0.1, 0.15) is 6.54 Å². The molecule has 0 saturated heterocycles. The molecule has 0 aliphatic heterocycles. The molecule has 0 aliphatic rings. The quantitative estimate of drug-likeness (QED) is 0.628. The lowest BCUT2D eigenvalue weighted by Crippen LogP contribution is -2.35. The smallest absolute Gasteiger partial charge is 0.339 e. The largest absolute Gasteiger partial charge is 0.452 e. The molecular weight excluding hydrogens is 288 g/mol. The number of benzene rings is 1. The molecule has 1 aromatic heterocycles. The minimum Gasteiger partial charge on any atom is -0.452 e. The zero-order valence-electron chi connectivity index (χ0n) is 11.1. The third-order valence-corrected chi connectivity index (χ3v) is 3.36. The first-order valence-corrected chi connectivity index (χ1v) is 7.08. The molecule has 2 aromatic rings. The summed E-state index contributed by atoms with van der Waals surface area (Å²) >= 11 is 1.37. The summed E-state index contributed by atoms with van der Waals surface area (Å²) in [7, 11) is 0. The molecule has 21 heavy (non-hydrogen) atoms. The van der Waals surface area contributed by atoms with Gasteiger partial charge in [-0.2, -0.15) is 16.6 Å². The Labute approximate surface area is 126 Å². The van der Waals surface area contributed by atoms with Crippen LogP contribution in [0.4, 0.5) is 5.69 Å². The summed E-state index contributed by atoms with van der Waals surface area (Å²) in [5.74, 6) is -0.985. The van der Waals surface area contributed by atoms with Crippen molar-refractivity contribution >= 4 is 28.9 Å². The van der Waals surface area contributed by atoms with Crippen molar-refractivity contribution in [3.05, 3.63) is 52.7 Å². The average Bonchev–Trinajstić information content (AvgIpc) is 3.05. The van der Waals surface area contributed by atoms with E-state index in [1.165, 1.54) is 16.2 Å². The Bertz CT molecular complexity index is 647. The second-order valence-electron chi connectivity index (χ2n) is 4.06. The van der Waals surface area contributed by atoms with Gasteiger partial charge in [0.05, 0.1) is 11.6 Å². The fraction of sp³-hybridized carbons (Fsp3) is 0.133. The molecule has 2 rings (SSSR count). The van der Waals surface area contributed by atoms with E-state index in [1.54, 1.807) is 41.1 Å². The summed E-state index contributed by atoms with van der Waals surface area (Å²) in [6.45, 7) is -0.496. The second-order valence-corrected chi connectivity index (χ2v) is 4.84. The second kappa shape index (κ2) is 7.22. The average molecular weight is 300 g/mol. The van der Waals surface area contributed by atoms with Gasteiger partial charge in [0.2, 0.25) is 0 Å². The first-order chi connectivity index (χ1) is 10.2. The first-order valence-electron chi connectivity index (χ1n) is 6.14. The van der Waals surface area contributed by atoms with E-state index in [9.17, 15) is 9.59 Å². The van der Waals surface area contributed by atoms with Crippen molar-refractivity contribution in [2.45, 2.75) is 0 Å². The van der Waals surface area contributed by atoms with Crippen molar-refractivity contribution in [3.63, 3.8) is 0 Å². The highest BCUT2D eigenvalue weighted by molar-refractivity contribution is 7.08. The third-order valence-electron chi connectivity index (χ3n) is 2.68. The Kier molecular flexibility index (Phi) is 5.07. The molecule has 1 heterocycles. The van der Waals surface area contributed by atoms with Crippen molar-refractivity contribution in [2.75, 3.05) is 18.1 Å². The van der Waals surface area contributed by atoms with Gasteiger partial charge in [-0.1, -0.05) is 18.2 Å². The number of hydrogen-bond acceptors (Lipinski definition) is 5. The number of amides is 1. The number of esters is 1.